The summed E-state index contributed by atoms with van der Waals surface area (Å²) < 4.78 is 40.8. The summed E-state index contributed by atoms with van der Waals surface area (Å²) in [6.07, 6.45) is -5.10. The third kappa shape index (κ3) is 5.56. The third-order valence-electron chi connectivity index (χ3n) is 1.79. The highest BCUT2D eigenvalue weighted by Crippen LogP contribution is 2.36. The average molecular weight is 354 g/mol. The van der Waals surface area contributed by atoms with Crippen LogP contribution in [0.1, 0.15) is 17.4 Å². The van der Waals surface area contributed by atoms with Crippen LogP contribution in [0.25, 0.3) is 0 Å². The summed E-state index contributed by atoms with van der Waals surface area (Å²) in [7, 11) is 0. The van der Waals surface area contributed by atoms with Crippen molar-refractivity contribution in [3.63, 3.8) is 0 Å². The second kappa shape index (κ2) is 6.38. The fourth-order valence-electron chi connectivity index (χ4n) is 1.05. The van der Waals surface area contributed by atoms with Crippen LogP contribution in [0.3, 0.4) is 0 Å². The van der Waals surface area contributed by atoms with E-state index in [1.54, 1.807) is 6.07 Å². The third-order valence-corrected chi connectivity index (χ3v) is 4.37. The molecule has 0 radical (unpaired) electrons. The Bertz CT molecular complexity index is 350. The normalized spacial score (nSPS) is 14.0. The number of thiophene rings is 1. The molecule has 17 heavy (non-hydrogen) atoms. The first-order valence-electron chi connectivity index (χ1n) is 4.57. The molecule has 0 aliphatic rings. The zero-order valence-corrected chi connectivity index (χ0v) is 11.6. The van der Waals surface area contributed by atoms with Crippen molar-refractivity contribution < 1.29 is 23.0 Å². The first kappa shape index (κ1) is 15.2. The Labute approximate surface area is 113 Å². The summed E-state index contributed by atoms with van der Waals surface area (Å²) >= 11 is 10.1. The number of hydrogen-bond acceptors (Lipinski definition) is 3. The standard InChI is InChI=1S/C9H9BrClF3O2S/c10-5-3-7(17-8(5)11)6(15)1-2-16-4-9(12,13)14/h3,6,15H,1-2,4H2. The molecule has 1 N–H and O–H groups in total. The van der Waals surface area contributed by atoms with E-state index in [0.717, 1.165) is 0 Å². The summed E-state index contributed by atoms with van der Waals surface area (Å²) in [6, 6.07) is 1.64. The molecule has 0 aliphatic carbocycles. The molecule has 1 aromatic rings. The Morgan fingerprint density at radius 1 is 1.53 bits per heavy atom. The monoisotopic (exact) mass is 352 g/mol. The SMILES string of the molecule is OC(CCOCC(F)(F)F)c1cc(Br)c(Cl)s1. The van der Waals surface area contributed by atoms with Crippen molar-refractivity contribution in [2.24, 2.45) is 0 Å². The lowest BCUT2D eigenvalue weighted by Gasteiger charge is -2.10. The smallest absolute Gasteiger partial charge is 0.387 e. The van der Waals surface area contributed by atoms with Crippen molar-refractivity contribution in [2.75, 3.05) is 13.2 Å². The van der Waals surface area contributed by atoms with Gasteiger partial charge in [-0.25, -0.2) is 0 Å². The molecule has 0 amide bonds. The topological polar surface area (TPSA) is 29.5 Å². The van der Waals surface area contributed by atoms with Gasteiger partial charge in [-0.3, -0.25) is 0 Å². The largest absolute Gasteiger partial charge is 0.411 e. The average Bonchev–Trinajstić information content (AvgIpc) is 2.52. The van der Waals surface area contributed by atoms with Gasteiger partial charge in [-0.2, -0.15) is 13.2 Å². The molecule has 1 unspecified atom stereocenters. The molecule has 0 fully saturated rings. The van der Waals surface area contributed by atoms with Crippen LogP contribution in [0.15, 0.2) is 10.5 Å². The molecule has 0 saturated heterocycles. The Balaban J connectivity index is 2.33. The zero-order valence-electron chi connectivity index (χ0n) is 8.43. The van der Waals surface area contributed by atoms with Gasteiger partial charge >= 0.3 is 6.18 Å². The Kier molecular flexibility index (Phi) is 5.72. The van der Waals surface area contributed by atoms with Gasteiger partial charge in [0.25, 0.3) is 0 Å². The van der Waals surface area contributed by atoms with E-state index in [4.69, 9.17) is 11.6 Å². The number of hydrogen-bond donors (Lipinski definition) is 1. The molecule has 0 bridgehead atoms. The lowest BCUT2D eigenvalue weighted by molar-refractivity contribution is -0.175. The molecular formula is C9H9BrClF3O2S. The van der Waals surface area contributed by atoms with Gasteiger partial charge in [-0.05, 0) is 22.0 Å². The van der Waals surface area contributed by atoms with E-state index in [0.29, 0.717) is 13.7 Å². The molecule has 1 rings (SSSR count). The van der Waals surface area contributed by atoms with Crippen molar-refractivity contribution in [1.29, 1.82) is 0 Å². The van der Waals surface area contributed by atoms with E-state index >= 15 is 0 Å². The minimum absolute atomic E-state index is 0.0966. The maximum absolute atomic E-state index is 11.8. The van der Waals surface area contributed by atoms with Crippen molar-refractivity contribution >= 4 is 38.9 Å². The zero-order chi connectivity index (χ0) is 13.1. The van der Waals surface area contributed by atoms with Crippen LogP contribution in [0, 0.1) is 0 Å². The van der Waals surface area contributed by atoms with Gasteiger partial charge in [-0.1, -0.05) is 11.6 Å². The van der Waals surface area contributed by atoms with Crippen LogP contribution in [0.2, 0.25) is 4.34 Å². The van der Waals surface area contributed by atoms with E-state index in [2.05, 4.69) is 20.7 Å². The van der Waals surface area contributed by atoms with E-state index in [1.807, 2.05) is 0 Å². The van der Waals surface area contributed by atoms with E-state index in [-0.39, 0.29) is 13.0 Å². The molecule has 98 valence electrons. The maximum Gasteiger partial charge on any atom is 0.411 e. The second-order valence-corrected chi connectivity index (χ2v) is 5.78. The highest BCUT2D eigenvalue weighted by atomic mass is 79.9. The Morgan fingerprint density at radius 3 is 2.65 bits per heavy atom. The Morgan fingerprint density at radius 2 is 2.18 bits per heavy atom. The molecule has 2 nitrogen and oxygen atoms in total. The van der Waals surface area contributed by atoms with Gasteiger partial charge < -0.3 is 9.84 Å². The summed E-state index contributed by atoms with van der Waals surface area (Å²) in [6.45, 7) is -1.46. The summed E-state index contributed by atoms with van der Waals surface area (Å²) in [5.41, 5.74) is 0. The number of rotatable bonds is 5. The van der Waals surface area contributed by atoms with Crippen LogP contribution in [0.4, 0.5) is 13.2 Å². The van der Waals surface area contributed by atoms with E-state index < -0.39 is 18.9 Å². The molecule has 0 aliphatic heterocycles. The van der Waals surface area contributed by atoms with Crippen LogP contribution in [-0.4, -0.2) is 24.5 Å². The molecule has 1 atom stereocenters. The quantitative estimate of drug-likeness (QED) is 0.805. The number of halogens is 5. The molecule has 1 aromatic heterocycles. The predicted molar refractivity (Wildman–Crippen MR) is 63.5 cm³/mol. The molecule has 0 spiro atoms. The van der Waals surface area contributed by atoms with Gasteiger partial charge in [0.1, 0.15) is 10.9 Å². The fourth-order valence-corrected chi connectivity index (χ4v) is 2.81. The molecular weight excluding hydrogens is 345 g/mol. The second-order valence-electron chi connectivity index (χ2n) is 3.24. The van der Waals surface area contributed by atoms with E-state index in [9.17, 15) is 18.3 Å². The van der Waals surface area contributed by atoms with Crippen LogP contribution >= 0.6 is 38.9 Å². The van der Waals surface area contributed by atoms with E-state index in [1.165, 1.54) is 11.3 Å². The molecule has 8 heteroatoms. The van der Waals surface area contributed by atoms with Crippen molar-refractivity contribution in [3.05, 3.63) is 19.8 Å². The minimum atomic E-state index is -4.33. The molecule has 0 saturated carbocycles. The lowest BCUT2D eigenvalue weighted by Crippen LogP contribution is -2.18. The van der Waals surface area contributed by atoms with Gasteiger partial charge in [0, 0.05) is 22.4 Å². The number of alkyl halides is 3. The number of aliphatic hydroxyl groups is 1. The van der Waals surface area contributed by atoms with Gasteiger partial charge in [-0.15, -0.1) is 11.3 Å². The summed E-state index contributed by atoms with van der Waals surface area (Å²) in [5.74, 6) is 0. The van der Waals surface area contributed by atoms with Gasteiger partial charge in [0.05, 0.1) is 6.10 Å². The Hall–Kier alpha value is 0.180. The lowest BCUT2D eigenvalue weighted by atomic mass is 10.2. The number of aliphatic hydroxyl groups excluding tert-OH is 1. The van der Waals surface area contributed by atoms with Gasteiger partial charge in [0.2, 0.25) is 0 Å². The maximum atomic E-state index is 11.8. The van der Waals surface area contributed by atoms with Crippen molar-refractivity contribution in [2.45, 2.75) is 18.7 Å². The van der Waals surface area contributed by atoms with Crippen molar-refractivity contribution in [3.8, 4) is 0 Å². The highest BCUT2D eigenvalue weighted by molar-refractivity contribution is 9.10. The number of ether oxygens (including phenoxy) is 1. The fraction of sp³-hybridized carbons (Fsp3) is 0.556. The summed E-state index contributed by atoms with van der Waals surface area (Å²) in [4.78, 5) is 0.595. The van der Waals surface area contributed by atoms with Crippen LogP contribution in [0.5, 0.6) is 0 Å². The molecule has 0 aromatic carbocycles. The first-order chi connectivity index (χ1) is 7.79. The van der Waals surface area contributed by atoms with Crippen LogP contribution in [-0.2, 0) is 4.74 Å². The highest BCUT2D eigenvalue weighted by Gasteiger charge is 2.27. The molecule has 1 heterocycles. The minimum Gasteiger partial charge on any atom is -0.387 e. The predicted octanol–water partition coefficient (Wildman–Crippen LogP) is 4.17. The first-order valence-corrected chi connectivity index (χ1v) is 6.55. The van der Waals surface area contributed by atoms with Crippen molar-refractivity contribution in [1.82, 2.24) is 0 Å². The van der Waals surface area contributed by atoms with Gasteiger partial charge in [0.15, 0.2) is 0 Å². The van der Waals surface area contributed by atoms with Crippen LogP contribution < -0.4 is 0 Å². The summed E-state index contributed by atoms with van der Waals surface area (Å²) in [5, 5.41) is 9.66.